The summed E-state index contributed by atoms with van der Waals surface area (Å²) < 4.78 is 62.7. The second-order valence-corrected chi connectivity index (χ2v) is 53.1. The van der Waals surface area contributed by atoms with Crippen molar-refractivity contribution >= 4 is 11.6 Å². The maximum absolute atomic E-state index is 13.3. The molecule has 0 aromatic rings. The fourth-order valence-corrected chi connectivity index (χ4v) is 42.0. The molecule has 0 bridgehead atoms. The second kappa shape index (κ2) is 40.4. The van der Waals surface area contributed by atoms with E-state index in [1.165, 1.54) is 112 Å². The Kier molecular flexibility index (Phi) is 30.9. The van der Waals surface area contributed by atoms with Crippen molar-refractivity contribution in [2.45, 2.75) is 424 Å². The Balaban J connectivity index is 0.000000125. The van der Waals surface area contributed by atoms with E-state index in [1.807, 2.05) is 30.4 Å². The monoisotopic (exact) mass is 2010 g/mol. The molecule has 5 heterocycles. The van der Waals surface area contributed by atoms with Gasteiger partial charge in [0.2, 0.25) is 11.4 Å². The Morgan fingerprint density at radius 3 is 0.993 bits per heavy atom. The van der Waals surface area contributed by atoms with Gasteiger partial charge in [0.25, 0.3) is 0 Å². The van der Waals surface area contributed by atoms with E-state index in [1.54, 1.807) is 5.57 Å². The smallest absolute Gasteiger partial charge is 0.203 e. The summed E-state index contributed by atoms with van der Waals surface area (Å²) in [5, 5.41) is 32.8. The maximum atomic E-state index is 13.3. The molecule has 146 heavy (non-hydrogen) atoms. The third-order valence-electron chi connectivity index (χ3n) is 48.5. The van der Waals surface area contributed by atoms with Gasteiger partial charge < -0.3 is 62.7 Å². The lowest BCUT2D eigenvalue weighted by atomic mass is 9.43. The molecule has 25 rings (SSSR count). The average molecular weight is 2010 g/mol. The number of ether oxygens (including phenoxy) is 10. The zero-order valence-corrected chi connectivity index (χ0v) is 89.4. The molecule has 0 aromatic carbocycles. The van der Waals surface area contributed by atoms with E-state index in [0.717, 1.165) is 242 Å². The van der Waals surface area contributed by atoms with Crippen LogP contribution in [0, 0.1) is 172 Å². The summed E-state index contributed by atoms with van der Waals surface area (Å²) in [7, 11) is 0. The van der Waals surface area contributed by atoms with Crippen LogP contribution in [0.2, 0.25) is 0 Å². The number of aliphatic hydroxyl groups is 3. The molecule has 17 nitrogen and oxygen atoms in total. The van der Waals surface area contributed by atoms with Crippen molar-refractivity contribution in [1.82, 2.24) is 0 Å². The summed E-state index contributed by atoms with van der Waals surface area (Å²) >= 11 is 0. The number of hydrogen-bond donors (Lipinski definition) is 3. The van der Waals surface area contributed by atoms with Crippen molar-refractivity contribution in [1.29, 1.82) is 0 Å². The molecule has 810 valence electrons. The number of rotatable bonds is 12. The Morgan fingerprint density at radius 2 is 0.637 bits per heavy atom. The lowest BCUT2D eigenvalue weighted by Gasteiger charge is -2.61. The number of allylic oxidation sites excluding steroid dienone is 14. The standard InChI is InChI=1S/C28H41NO3.C28H37NO3.C27H38O3.C21H32O3.C21H30O3.4CH4/c2*1-6-12-27(13-7-2)23-9-8-19-20(25(23,3)18-22(29-5)24(27)30)10-14-26(4)21(19)11-15-28(26)31-16-17-32-28;1-5-12-26(13-6-2)22-8-7-19-20(24(22,3)14-11-23(26)28)9-15-25(4)21(19)10-16-27(25)29-17-18-30-27;2*1-19-8-5-15(22)13-14(19)3-4-16-17(19)6-9-20(2)18(16)7-10-21(20)23-11-12-24-21;;;;/h9,19-21,30H,6-8,10-18H2,1-4H3;6-7,9,19-21,30H,1-2,8,10-18H2,3-4H3;5-6,8,19-21H,1-2,7,9-18H2,3-4H3;3,15-18,22H,4-13H2,1-2H3;13,16-18H,3-12H2,1-2H3;4*1H4/t2*19-,20+,21+,25-,26+;19-,20+,21+,24-,25+;15-,16+,17-,18-,19-,20-;16-,17+,18+,19+,20+;;;;/m11101..../s1. The molecular formula is C129H194N2O15. The molecule has 0 unspecified atom stereocenters. The lowest BCUT2D eigenvalue weighted by molar-refractivity contribution is -0.242. The Bertz CT molecular complexity index is 5200. The summed E-state index contributed by atoms with van der Waals surface area (Å²) in [6, 6.07) is 0. The highest BCUT2D eigenvalue weighted by Gasteiger charge is 2.75. The van der Waals surface area contributed by atoms with Crippen LogP contribution in [0.3, 0.4) is 0 Å². The molecule has 0 radical (unpaired) electrons. The van der Waals surface area contributed by atoms with E-state index in [4.69, 9.17) is 60.5 Å². The number of carbonyl (C=O) groups excluding carboxylic acids is 2. The van der Waals surface area contributed by atoms with Crippen LogP contribution >= 0.6 is 0 Å². The van der Waals surface area contributed by atoms with Crippen LogP contribution in [0.15, 0.2) is 132 Å². The normalized spacial score (nSPS) is 43.9. The first-order chi connectivity index (χ1) is 68.0. The molecule has 5 spiro atoms. The van der Waals surface area contributed by atoms with Crippen molar-refractivity contribution in [3.63, 3.8) is 0 Å². The number of ketones is 2. The first kappa shape index (κ1) is 112. The van der Waals surface area contributed by atoms with Crippen LogP contribution < -0.4 is 0 Å². The quantitative estimate of drug-likeness (QED) is 0.123. The molecule has 26 atom stereocenters. The Labute approximate surface area is 882 Å². The van der Waals surface area contributed by atoms with Gasteiger partial charge >= 0.3 is 0 Å². The fraction of sp³-hybridized carbons (Fsp3) is 0.798. The van der Waals surface area contributed by atoms with Crippen LogP contribution in [0.1, 0.15) is 389 Å². The number of hydrogen-bond acceptors (Lipinski definition) is 15. The van der Waals surface area contributed by atoms with Gasteiger partial charge in [-0.3, -0.25) is 9.59 Å². The van der Waals surface area contributed by atoms with E-state index in [9.17, 15) is 24.9 Å². The van der Waals surface area contributed by atoms with Gasteiger partial charge in [-0.2, -0.15) is 0 Å². The van der Waals surface area contributed by atoms with E-state index in [2.05, 4.69) is 143 Å². The van der Waals surface area contributed by atoms with E-state index < -0.39 is 16.6 Å². The second-order valence-electron chi connectivity index (χ2n) is 53.1. The number of Topliss-reactive ketones (excluding diaryl/α,β-unsaturated/α-hetero) is 1. The minimum Gasteiger partial charge on any atom is -0.523 e. The van der Waals surface area contributed by atoms with Gasteiger partial charge in [-0.25, -0.2) is 9.69 Å². The van der Waals surface area contributed by atoms with Crippen LogP contribution in [-0.4, -0.2) is 128 Å². The highest BCUT2D eigenvalue weighted by Crippen LogP contribution is 2.79. The third kappa shape index (κ3) is 15.8. The highest BCUT2D eigenvalue weighted by molar-refractivity contribution is 5.92. The van der Waals surface area contributed by atoms with Crippen molar-refractivity contribution in [3.8, 4) is 0 Å². The summed E-state index contributed by atoms with van der Waals surface area (Å²) in [5.41, 5.74) is 8.26. The van der Waals surface area contributed by atoms with Gasteiger partial charge in [-0.05, 0) is 340 Å². The predicted octanol–water partition coefficient (Wildman–Crippen LogP) is 30.8. The van der Waals surface area contributed by atoms with Crippen molar-refractivity contribution in [2.24, 2.45) is 159 Å². The minimum absolute atomic E-state index is 0. The zero-order chi connectivity index (χ0) is 99.9. The molecule has 3 N–H and O–H groups in total. The van der Waals surface area contributed by atoms with Crippen molar-refractivity contribution < 1.29 is 72.3 Å². The number of nitrogens with zero attached hydrogens (tertiary/aromatic N) is 2. The number of aliphatic hydroxyl groups excluding tert-OH is 3. The van der Waals surface area contributed by atoms with E-state index in [0.29, 0.717) is 133 Å². The van der Waals surface area contributed by atoms with Gasteiger partial charge in [0.05, 0.1) is 90.7 Å². The van der Waals surface area contributed by atoms with Gasteiger partial charge in [-0.15, -0.1) is 26.3 Å². The summed E-state index contributed by atoms with van der Waals surface area (Å²) in [5.74, 6) is 9.67. The third-order valence-corrected chi connectivity index (χ3v) is 48.5. The van der Waals surface area contributed by atoms with E-state index in [-0.39, 0.29) is 119 Å². The zero-order valence-electron chi connectivity index (χ0n) is 89.4. The topological polar surface area (TPSA) is 196 Å². The molecule has 18 fully saturated rings. The molecule has 17 heteroatoms. The van der Waals surface area contributed by atoms with Crippen LogP contribution in [0.5, 0.6) is 0 Å². The van der Waals surface area contributed by atoms with Crippen molar-refractivity contribution in [3.05, 3.63) is 155 Å². The fourth-order valence-electron chi connectivity index (χ4n) is 42.0. The molecule has 5 aliphatic heterocycles. The Morgan fingerprint density at radius 1 is 0.342 bits per heavy atom. The number of carbonyl (C=O) groups is 2. The molecule has 0 aromatic heterocycles. The largest absolute Gasteiger partial charge is 0.523 e. The summed E-state index contributed by atoms with van der Waals surface area (Å²) in [6.45, 7) is 68.1. The van der Waals surface area contributed by atoms with Gasteiger partial charge in [0.15, 0.2) is 34.7 Å². The molecule has 13 saturated carbocycles. The molecular weight excluding hydrogens is 1820 g/mol. The van der Waals surface area contributed by atoms with Crippen LogP contribution in [-0.2, 0) is 57.0 Å². The van der Waals surface area contributed by atoms with Gasteiger partial charge in [-0.1, -0.05) is 202 Å². The predicted molar refractivity (Wildman–Crippen MR) is 580 cm³/mol. The lowest BCUT2D eigenvalue weighted by Crippen LogP contribution is -2.57. The van der Waals surface area contributed by atoms with Gasteiger partial charge in [0, 0.05) is 82.9 Å². The Hall–Kier alpha value is -5.38. The number of fused-ring (bicyclic) bond motifs is 30. The minimum atomic E-state index is -0.573. The first-order valence-electron chi connectivity index (χ1n) is 57.7. The molecule has 5 saturated heterocycles. The SMILES string of the molecule is C.C.C.C.C=CCC1(CC=C)C(=O)CC[C@@]2(C)C1=CC[C@@H]1[C@@H]2CC[C@@]2(C)[C@H]1CCC21OCCO1.C[C@]12CCC(=O)C=C1CC[C@@H]1[C@@H]2CC[C@@]2(C)[C@H]1CCC21OCCO1.C[C@]12CC[C@H](O)CC1=CC[C@@H]1[C@@H]2CC[C@@]2(C)[C@H]1CCC21OCCO1.[C-]#[N+]C1=C(O)C(CC=C)(CC=C)C2=CC[C@@H]3[C@H](CC[C@@]4(C)[C@H]3CCC43OCCO3)[C@@]2(C)C1.[C-]#[N+]C1=C(O)C(CCC)(CCC)C2=CC[C@@H]3[C@H](CC[C@@]4(C)[C@H]3CCC43OCCO3)[C@@]2(C)C1. The summed E-state index contributed by atoms with van der Waals surface area (Å²) in [4.78, 5) is 33.0. The summed E-state index contributed by atoms with van der Waals surface area (Å²) in [6.07, 6.45) is 64.2. The van der Waals surface area contributed by atoms with Crippen LogP contribution in [0.25, 0.3) is 9.69 Å². The first-order valence-corrected chi connectivity index (χ1v) is 57.7. The van der Waals surface area contributed by atoms with E-state index >= 15 is 0 Å². The van der Waals surface area contributed by atoms with Crippen LogP contribution in [0.4, 0.5) is 0 Å². The average Bonchev–Trinajstić information content (AvgIpc) is 1.46. The highest BCUT2D eigenvalue weighted by atomic mass is 16.8. The molecule has 20 aliphatic carbocycles. The molecule has 0 amide bonds. The van der Waals surface area contributed by atoms with Gasteiger partial charge in [0.1, 0.15) is 17.3 Å². The molecule has 25 aliphatic rings. The van der Waals surface area contributed by atoms with Crippen molar-refractivity contribution in [2.75, 3.05) is 66.1 Å². The maximum Gasteiger partial charge on any atom is 0.203 e.